The SMILES string of the molecule is Cc1ccc(C(=O)/C=C/c2ccc(Oc3ccc([N+](=O)[O-])cc3[N+](=O)[O-])cc2)cc1. The van der Waals surface area contributed by atoms with Gasteiger partial charge in [-0.2, -0.15) is 0 Å². The number of non-ortho nitro benzene ring substituents is 1. The van der Waals surface area contributed by atoms with Gasteiger partial charge in [-0.1, -0.05) is 48.0 Å². The van der Waals surface area contributed by atoms with Crippen molar-refractivity contribution in [3.05, 3.63) is 110 Å². The second kappa shape index (κ2) is 8.78. The van der Waals surface area contributed by atoms with E-state index in [2.05, 4.69) is 0 Å². The maximum atomic E-state index is 12.2. The molecule has 0 saturated carbocycles. The zero-order valence-corrected chi connectivity index (χ0v) is 15.8. The van der Waals surface area contributed by atoms with Crippen molar-refractivity contribution >= 4 is 23.2 Å². The first-order chi connectivity index (χ1) is 14.3. The Bertz CT molecular complexity index is 1140. The molecule has 0 aliphatic heterocycles. The minimum atomic E-state index is -0.740. The van der Waals surface area contributed by atoms with Gasteiger partial charge in [0.1, 0.15) is 5.75 Å². The molecule has 0 fully saturated rings. The molecule has 0 spiro atoms. The number of carbonyl (C=O) groups is 1. The monoisotopic (exact) mass is 404 g/mol. The third-order valence-electron chi connectivity index (χ3n) is 4.22. The van der Waals surface area contributed by atoms with E-state index in [0.717, 1.165) is 23.3 Å². The van der Waals surface area contributed by atoms with Crippen LogP contribution in [0.5, 0.6) is 11.5 Å². The lowest BCUT2D eigenvalue weighted by Crippen LogP contribution is -1.96. The largest absolute Gasteiger partial charge is 0.450 e. The predicted molar refractivity (Wildman–Crippen MR) is 111 cm³/mol. The standard InChI is InChI=1S/C22H16N2O6/c1-15-2-7-17(8-3-15)21(25)12-6-16-4-10-19(11-5-16)30-22-13-9-18(23(26)27)14-20(22)24(28)29/h2-14H,1H3/b12-6+. The van der Waals surface area contributed by atoms with Crippen LogP contribution < -0.4 is 4.74 Å². The molecule has 0 radical (unpaired) electrons. The van der Waals surface area contributed by atoms with Gasteiger partial charge in [0.15, 0.2) is 5.78 Å². The van der Waals surface area contributed by atoms with E-state index in [9.17, 15) is 25.0 Å². The van der Waals surface area contributed by atoms with Crippen LogP contribution in [0.25, 0.3) is 6.08 Å². The summed E-state index contributed by atoms with van der Waals surface area (Å²) in [6, 6.07) is 17.0. The first kappa shape index (κ1) is 20.4. The van der Waals surface area contributed by atoms with E-state index >= 15 is 0 Å². The molecule has 0 aliphatic rings. The van der Waals surface area contributed by atoms with Crippen LogP contribution in [0.4, 0.5) is 11.4 Å². The molecule has 0 unspecified atom stereocenters. The minimum absolute atomic E-state index is 0.108. The summed E-state index contributed by atoms with van der Waals surface area (Å²) in [4.78, 5) is 32.7. The highest BCUT2D eigenvalue weighted by Crippen LogP contribution is 2.34. The summed E-state index contributed by atoms with van der Waals surface area (Å²) in [5.74, 6) is 0.0780. The van der Waals surface area contributed by atoms with E-state index in [-0.39, 0.29) is 11.5 Å². The summed E-state index contributed by atoms with van der Waals surface area (Å²) in [6.45, 7) is 1.94. The lowest BCUT2D eigenvalue weighted by Gasteiger charge is -2.06. The van der Waals surface area contributed by atoms with E-state index in [0.29, 0.717) is 11.3 Å². The molecule has 0 amide bonds. The lowest BCUT2D eigenvalue weighted by atomic mass is 10.1. The van der Waals surface area contributed by atoms with E-state index < -0.39 is 21.2 Å². The van der Waals surface area contributed by atoms with Gasteiger partial charge in [-0.3, -0.25) is 25.0 Å². The molecule has 8 heteroatoms. The molecule has 3 rings (SSSR count). The molecule has 0 aromatic heterocycles. The number of allylic oxidation sites excluding steroid dienone is 1. The van der Waals surface area contributed by atoms with Crippen LogP contribution in [0.1, 0.15) is 21.5 Å². The molecule has 3 aromatic carbocycles. The summed E-state index contributed by atoms with van der Waals surface area (Å²) < 4.78 is 5.51. The number of rotatable bonds is 7. The normalized spacial score (nSPS) is 10.7. The van der Waals surface area contributed by atoms with E-state index in [1.54, 1.807) is 42.5 Å². The van der Waals surface area contributed by atoms with Crippen LogP contribution in [-0.4, -0.2) is 15.6 Å². The molecular weight excluding hydrogens is 388 g/mol. The number of hydrogen-bond acceptors (Lipinski definition) is 6. The molecule has 30 heavy (non-hydrogen) atoms. The topological polar surface area (TPSA) is 113 Å². The van der Waals surface area contributed by atoms with Crippen molar-refractivity contribution in [2.75, 3.05) is 0 Å². The van der Waals surface area contributed by atoms with Crippen molar-refractivity contribution in [1.29, 1.82) is 0 Å². The number of carbonyl (C=O) groups excluding carboxylic acids is 1. The Kier molecular flexibility index (Phi) is 5.97. The summed E-state index contributed by atoms with van der Waals surface area (Å²) >= 11 is 0. The molecule has 8 nitrogen and oxygen atoms in total. The molecule has 0 heterocycles. The Hall–Kier alpha value is -4.33. The highest BCUT2D eigenvalue weighted by molar-refractivity contribution is 6.06. The molecule has 0 N–H and O–H groups in total. The van der Waals surface area contributed by atoms with Crippen molar-refractivity contribution in [3.63, 3.8) is 0 Å². The Morgan fingerprint density at radius 3 is 2.17 bits per heavy atom. The van der Waals surface area contributed by atoms with Gasteiger partial charge in [0.25, 0.3) is 5.69 Å². The fourth-order valence-electron chi connectivity index (χ4n) is 2.61. The Morgan fingerprint density at radius 1 is 0.900 bits per heavy atom. The Labute approximate surface area is 171 Å². The van der Waals surface area contributed by atoms with Crippen molar-refractivity contribution in [2.45, 2.75) is 6.92 Å². The second-order valence-corrected chi connectivity index (χ2v) is 6.40. The van der Waals surface area contributed by atoms with Crippen LogP contribution in [0, 0.1) is 27.2 Å². The summed E-state index contributed by atoms with van der Waals surface area (Å²) in [6.07, 6.45) is 3.11. The highest BCUT2D eigenvalue weighted by Gasteiger charge is 2.21. The smallest absolute Gasteiger partial charge is 0.318 e. The Balaban J connectivity index is 1.73. The maximum Gasteiger partial charge on any atom is 0.318 e. The summed E-state index contributed by atoms with van der Waals surface area (Å²) in [5.41, 5.74) is 1.49. The fraction of sp³-hybridized carbons (Fsp3) is 0.0455. The number of hydrogen-bond donors (Lipinski definition) is 0. The maximum absolute atomic E-state index is 12.2. The number of aryl methyl sites for hydroxylation is 1. The number of nitrogens with zero attached hydrogens (tertiary/aromatic N) is 2. The van der Waals surface area contributed by atoms with Gasteiger partial charge in [-0.25, -0.2) is 0 Å². The highest BCUT2D eigenvalue weighted by atomic mass is 16.6. The number of ketones is 1. The van der Waals surface area contributed by atoms with Gasteiger partial charge in [-0.15, -0.1) is 0 Å². The molecule has 0 aliphatic carbocycles. The minimum Gasteiger partial charge on any atom is -0.450 e. The third kappa shape index (κ3) is 4.93. The molecular formula is C22H16N2O6. The Morgan fingerprint density at radius 2 is 1.57 bits per heavy atom. The van der Waals surface area contributed by atoms with Crippen LogP contribution in [0.3, 0.4) is 0 Å². The average Bonchev–Trinajstić information content (AvgIpc) is 2.73. The molecule has 150 valence electrons. The number of nitro benzene ring substituents is 2. The van der Waals surface area contributed by atoms with Gasteiger partial charge in [0.05, 0.1) is 15.9 Å². The first-order valence-electron chi connectivity index (χ1n) is 8.83. The van der Waals surface area contributed by atoms with Gasteiger partial charge in [0.2, 0.25) is 5.75 Å². The summed E-state index contributed by atoms with van der Waals surface area (Å²) in [5, 5.41) is 22.0. The van der Waals surface area contributed by atoms with Crippen LogP contribution in [0.15, 0.2) is 72.8 Å². The predicted octanol–water partition coefficient (Wildman–Crippen LogP) is 5.50. The molecule has 0 atom stereocenters. The van der Waals surface area contributed by atoms with Crippen molar-refractivity contribution in [1.82, 2.24) is 0 Å². The van der Waals surface area contributed by atoms with Crippen molar-refractivity contribution in [2.24, 2.45) is 0 Å². The van der Waals surface area contributed by atoms with Gasteiger partial charge < -0.3 is 4.74 Å². The number of nitro groups is 2. The van der Waals surface area contributed by atoms with E-state index in [1.165, 1.54) is 12.1 Å². The lowest BCUT2D eigenvalue weighted by molar-refractivity contribution is -0.394. The zero-order chi connectivity index (χ0) is 21.7. The van der Waals surface area contributed by atoms with Crippen LogP contribution in [0.2, 0.25) is 0 Å². The van der Waals surface area contributed by atoms with Gasteiger partial charge >= 0.3 is 5.69 Å². The van der Waals surface area contributed by atoms with Crippen LogP contribution in [-0.2, 0) is 0 Å². The first-order valence-corrected chi connectivity index (χ1v) is 8.83. The fourth-order valence-corrected chi connectivity index (χ4v) is 2.61. The van der Waals surface area contributed by atoms with E-state index in [4.69, 9.17) is 4.74 Å². The molecule has 0 saturated heterocycles. The van der Waals surface area contributed by atoms with Gasteiger partial charge in [0, 0.05) is 11.6 Å². The summed E-state index contributed by atoms with van der Waals surface area (Å²) in [7, 11) is 0. The quantitative estimate of drug-likeness (QED) is 0.222. The average molecular weight is 404 g/mol. The van der Waals surface area contributed by atoms with Crippen molar-refractivity contribution < 1.29 is 19.4 Å². The number of ether oxygens (including phenoxy) is 1. The van der Waals surface area contributed by atoms with Gasteiger partial charge in [-0.05, 0) is 36.8 Å². The molecule has 3 aromatic rings. The second-order valence-electron chi connectivity index (χ2n) is 6.40. The third-order valence-corrected chi connectivity index (χ3v) is 4.22. The number of benzene rings is 3. The van der Waals surface area contributed by atoms with Crippen LogP contribution >= 0.6 is 0 Å². The zero-order valence-electron chi connectivity index (χ0n) is 15.8. The van der Waals surface area contributed by atoms with Crippen molar-refractivity contribution in [3.8, 4) is 11.5 Å². The molecule has 0 bridgehead atoms. The van der Waals surface area contributed by atoms with E-state index in [1.807, 2.05) is 19.1 Å².